The summed E-state index contributed by atoms with van der Waals surface area (Å²) in [5, 5.41) is 12.3. The Kier molecular flexibility index (Phi) is 26.0. The van der Waals surface area contributed by atoms with Gasteiger partial charge in [-0.05, 0) is 82.7 Å². The Morgan fingerprint density at radius 3 is 1.16 bits per heavy atom. The lowest BCUT2D eigenvalue weighted by atomic mass is 9.94. The molecule has 8 aromatic rings. The van der Waals surface area contributed by atoms with Gasteiger partial charge < -0.3 is 61.6 Å². The van der Waals surface area contributed by atoms with Crippen molar-refractivity contribution in [2.45, 2.75) is 187 Å². The zero-order valence-electron chi connectivity index (χ0n) is 57.2. The van der Waals surface area contributed by atoms with Crippen molar-refractivity contribution < 1.29 is 78.5 Å². The van der Waals surface area contributed by atoms with E-state index in [-0.39, 0.29) is 56.0 Å². The predicted octanol–water partition coefficient (Wildman–Crippen LogP) is 11.8. The van der Waals surface area contributed by atoms with Crippen LogP contribution in [0.5, 0.6) is 0 Å². The van der Waals surface area contributed by atoms with E-state index in [9.17, 15) is 5.11 Å². The summed E-state index contributed by atoms with van der Waals surface area (Å²) in [4.78, 5) is -0.150. The highest BCUT2D eigenvalue weighted by Gasteiger charge is 2.57. The second-order valence-electron chi connectivity index (χ2n) is 26.8. The van der Waals surface area contributed by atoms with Crippen LogP contribution in [0.25, 0.3) is 0 Å². The lowest BCUT2D eigenvalue weighted by molar-refractivity contribution is -0.349. The molecule has 0 radical (unpaired) electrons. The zero-order valence-corrected chi connectivity index (χ0v) is 59.8. The first-order valence-electron chi connectivity index (χ1n) is 33.9. The van der Waals surface area contributed by atoms with Gasteiger partial charge in [-0.1, -0.05) is 239 Å². The molecule has 532 valence electrons. The number of hydrogen-bond acceptors (Lipinski definition) is 17. The number of benzene rings is 8. The quantitative estimate of drug-likeness (QED) is 0.0333. The van der Waals surface area contributed by atoms with Gasteiger partial charge in [-0.15, -0.1) is 0 Å². The Hall–Kier alpha value is -6.72. The fourth-order valence-electron chi connectivity index (χ4n) is 12.0. The van der Waals surface area contributed by atoms with Gasteiger partial charge in [0.05, 0.1) is 68.7 Å². The Morgan fingerprint density at radius 2 is 0.740 bits per heavy atom. The van der Waals surface area contributed by atoms with Crippen LogP contribution in [0.4, 0.5) is 0 Å². The molecule has 19 nitrogen and oxygen atoms in total. The van der Waals surface area contributed by atoms with E-state index in [0.717, 1.165) is 33.4 Å². The number of rotatable bonds is 32. The highest BCUT2D eigenvalue weighted by molar-refractivity contribution is 7.89. The molecule has 3 N–H and O–H groups in total. The normalized spacial score (nSPS) is 26.1. The van der Waals surface area contributed by atoms with Crippen molar-refractivity contribution in [2.75, 3.05) is 13.2 Å². The second kappa shape index (κ2) is 35.0. The summed E-state index contributed by atoms with van der Waals surface area (Å²) in [6.07, 6.45) is -16.1. The summed E-state index contributed by atoms with van der Waals surface area (Å²) in [6, 6.07) is 70.1. The molecule has 3 aliphatic rings. The molecule has 11 rings (SSSR count). The highest BCUT2D eigenvalue weighted by Crippen LogP contribution is 2.42. The molecule has 0 saturated carbocycles. The summed E-state index contributed by atoms with van der Waals surface area (Å²) in [5.74, 6) is 0. The molecule has 3 heterocycles. The van der Waals surface area contributed by atoms with Crippen LogP contribution in [-0.2, 0) is 116 Å². The van der Waals surface area contributed by atoms with Crippen molar-refractivity contribution in [1.82, 2.24) is 9.44 Å². The van der Waals surface area contributed by atoms with Crippen LogP contribution in [0.15, 0.2) is 252 Å². The SMILES string of the molecule is C[C@@H]1O[C@@H](OCC2O[C@H](O[Si](C)(C)C(C)(C)C)C(NS(=O)(=O)c3ccccc3)[C@@H](OCc3ccccc3)[C@@H]2O[C@@H]2OC(COCc3ccccc3)[C@@H](O)[C@H](OCc3ccccc3)C2NS(=O)(=O)c2ccccc2)C(OCc2ccccc2)C(OCc2ccccc2)[C@@H]1OCc1ccccc1. The molecule has 0 bridgehead atoms. The number of ether oxygens (including phenoxy) is 11. The van der Waals surface area contributed by atoms with E-state index in [1.807, 2.05) is 202 Å². The van der Waals surface area contributed by atoms with Crippen LogP contribution in [-0.4, -0.2) is 135 Å². The molecule has 0 spiro atoms. The molecular weight excluding hydrogens is 1330 g/mol. The Balaban J connectivity index is 1.05. The standard InChI is InChI=1S/C78H92N2O17S2Si/c1-55-69(87-48-57-33-17-8-18-34-57)73(90-51-60-39-23-11-24-40-60)74(91-52-61-41-25-12-26-42-61)77(93-55)92-54-65-70(72(89-50-59-37-21-10-22-38-59)67(76(95-65)97-100(5,6)78(2,3)4)80-99(84,85)63-45-29-14-30-46-63)96-75-66(79-98(82,83)62-43-27-13-28-44-62)71(88-49-58-35-19-9-20-36-58)68(81)64(94-75)53-86-47-56-31-15-7-16-32-56/h7-46,55,64-77,79-81H,47-54H2,1-6H3/t55-,64?,65?,66?,67?,68+,69+,70+,71+,72+,73?,74?,75-,76+,77+/m0/s1. The monoisotopic (exact) mass is 1420 g/mol. The van der Waals surface area contributed by atoms with E-state index < -0.39 is 132 Å². The van der Waals surface area contributed by atoms with Gasteiger partial charge in [0, 0.05) is 0 Å². The van der Waals surface area contributed by atoms with Crippen molar-refractivity contribution in [1.29, 1.82) is 0 Å². The molecule has 0 aromatic heterocycles. The maximum atomic E-state index is 15.2. The average molecular weight is 1420 g/mol. The van der Waals surface area contributed by atoms with Crippen LogP contribution in [0.1, 0.15) is 61.1 Å². The van der Waals surface area contributed by atoms with Gasteiger partial charge in [-0.3, -0.25) is 0 Å². The van der Waals surface area contributed by atoms with Gasteiger partial charge in [-0.25, -0.2) is 26.3 Å². The summed E-state index contributed by atoms with van der Waals surface area (Å²) in [5.41, 5.74) is 5.00. The van der Waals surface area contributed by atoms with Gasteiger partial charge in [0.2, 0.25) is 20.0 Å². The minimum Gasteiger partial charge on any atom is -0.391 e. The van der Waals surface area contributed by atoms with Crippen molar-refractivity contribution in [2.24, 2.45) is 0 Å². The zero-order chi connectivity index (χ0) is 70.1. The molecule has 3 fully saturated rings. The number of aliphatic hydroxyl groups is 1. The lowest BCUT2D eigenvalue weighted by Crippen LogP contribution is -2.71. The fourth-order valence-corrected chi connectivity index (χ4v) is 15.7. The summed E-state index contributed by atoms with van der Waals surface area (Å²) in [7, 11) is -12.0. The molecule has 22 heteroatoms. The van der Waals surface area contributed by atoms with Gasteiger partial charge >= 0.3 is 0 Å². The van der Waals surface area contributed by atoms with Crippen molar-refractivity contribution in [3.05, 3.63) is 276 Å². The minimum absolute atomic E-state index is 0.0530. The second-order valence-corrected chi connectivity index (χ2v) is 35.0. The number of nitrogens with one attached hydrogen (secondary N) is 2. The van der Waals surface area contributed by atoms with Crippen LogP contribution in [0.3, 0.4) is 0 Å². The first-order chi connectivity index (χ1) is 48.3. The Labute approximate surface area is 589 Å². The van der Waals surface area contributed by atoms with E-state index in [1.165, 1.54) is 24.3 Å². The first-order valence-corrected chi connectivity index (χ1v) is 39.8. The maximum Gasteiger partial charge on any atom is 0.241 e. The first kappa shape index (κ1) is 74.5. The number of sulfonamides is 2. The molecule has 3 saturated heterocycles. The maximum absolute atomic E-state index is 15.2. The molecule has 100 heavy (non-hydrogen) atoms. The predicted molar refractivity (Wildman–Crippen MR) is 379 cm³/mol. The van der Waals surface area contributed by atoms with Crippen LogP contribution < -0.4 is 9.44 Å². The van der Waals surface area contributed by atoms with Gasteiger partial charge in [-0.2, -0.15) is 0 Å². The molecule has 0 amide bonds. The van der Waals surface area contributed by atoms with E-state index in [2.05, 4.69) is 30.2 Å². The third-order valence-corrected chi connectivity index (χ3v) is 25.9. The summed E-state index contributed by atoms with van der Waals surface area (Å²) >= 11 is 0. The smallest absolute Gasteiger partial charge is 0.241 e. The molecule has 0 aliphatic carbocycles. The van der Waals surface area contributed by atoms with Crippen LogP contribution >= 0.6 is 0 Å². The van der Waals surface area contributed by atoms with E-state index in [0.29, 0.717) is 0 Å². The average Bonchev–Trinajstić information content (AvgIpc) is 0.756. The lowest BCUT2D eigenvalue weighted by Gasteiger charge is -2.52. The van der Waals surface area contributed by atoms with Crippen LogP contribution in [0.2, 0.25) is 18.1 Å². The van der Waals surface area contributed by atoms with Crippen molar-refractivity contribution >= 4 is 28.4 Å². The summed E-state index contributed by atoms with van der Waals surface area (Å²) in [6.45, 7) is 12.0. The van der Waals surface area contributed by atoms with Gasteiger partial charge in [0.25, 0.3) is 0 Å². The fraction of sp³-hybridized carbons (Fsp3) is 0.385. The van der Waals surface area contributed by atoms with E-state index in [1.54, 1.807) is 36.4 Å². The topological polar surface area (TPSA) is 223 Å². The van der Waals surface area contributed by atoms with Crippen molar-refractivity contribution in [3.8, 4) is 0 Å². The molecule has 6 unspecified atom stereocenters. The molecule has 8 aromatic carbocycles. The van der Waals surface area contributed by atoms with E-state index >= 15 is 16.8 Å². The number of aliphatic hydroxyl groups excluding tert-OH is 1. The largest absolute Gasteiger partial charge is 0.391 e. The minimum atomic E-state index is -4.52. The van der Waals surface area contributed by atoms with Gasteiger partial charge in [0.15, 0.2) is 27.2 Å². The Morgan fingerprint density at radius 1 is 0.390 bits per heavy atom. The highest BCUT2D eigenvalue weighted by atomic mass is 32.2. The molecular formula is C78H92N2O17S2Si. The molecule has 3 aliphatic heterocycles. The number of hydrogen-bond donors (Lipinski definition) is 3. The molecule has 15 atom stereocenters. The van der Waals surface area contributed by atoms with E-state index in [4.69, 9.17) is 56.5 Å². The third kappa shape index (κ3) is 19.9. The Bertz CT molecular complexity index is 3960. The summed E-state index contributed by atoms with van der Waals surface area (Å²) < 4.78 is 151. The van der Waals surface area contributed by atoms with Crippen LogP contribution in [0, 0.1) is 0 Å². The van der Waals surface area contributed by atoms with Gasteiger partial charge in [0.1, 0.15) is 67.0 Å². The van der Waals surface area contributed by atoms with Crippen molar-refractivity contribution in [3.63, 3.8) is 0 Å². The third-order valence-electron chi connectivity index (χ3n) is 18.5.